The number of nitrogens with zero attached hydrogens (tertiary/aromatic N) is 1. The van der Waals surface area contributed by atoms with Gasteiger partial charge in [-0.05, 0) is 74.9 Å². The van der Waals surface area contributed by atoms with E-state index in [9.17, 15) is 19.5 Å². The van der Waals surface area contributed by atoms with Crippen LogP contribution >= 0.6 is 11.6 Å². The van der Waals surface area contributed by atoms with Crippen LogP contribution in [0.1, 0.15) is 45.4 Å². The number of carbonyl (C=O) groups excluding carboxylic acids is 3. The number of unbranched alkanes of at least 4 members (excludes halogenated alkanes) is 2. The molecule has 5 atom stereocenters. The van der Waals surface area contributed by atoms with E-state index in [0.29, 0.717) is 55.0 Å². The Morgan fingerprint density at radius 3 is 2.37 bits per heavy atom. The van der Waals surface area contributed by atoms with Crippen molar-refractivity contribution in [2.45, 2.75) is 62.7 Å². The van der Waals surface area contributed by atoms with Gasteiger partial charge in [0.05, 0.1) is 17.4 Å². The highest BCUT2D eigenvalue weighted by molar-refractivity contribution is 6.30. The Balaban J connectivity index is 1.49. The summed E-state index contributed by atoms with van der Waals surface area (Å²) in [7, 11) is 0. The molecule has 8 nitrogen and oxygen atoms in total. The molecule has 0 radical (unpaired) electrons. The van der Waals surface area contributed by atoms with E-state index < -0.39 is 29.1 Å². The first-order valence-corrected chi connectivity index (χ1v) is 13.8. The number of carbonyl (C=O) groups is 3. The Morgan fingerprint density at radius 2 is 1.68 bits per heavy atom. The number of nitrogens with one attached hydrogen (secondary N) is 2. The lowest BCUT2D eigenvalue weighted by atomic mass is 9.65. The minimum Gasteiger partial charge on any atom is -0.396 e. The number of halogens is 1. The Morgan fingerprint density at radius 1 is 1.00 bits per heavy atom. The van der Waals surface area contributed by atoms with E-state index in [1.807, 2.05) is 37.3 Å². The molecule has 2 unspecified atom stereocenters. The van der Waals surface area contributed by atoms with Crippen molar-refractivity contribution in [3.05, 3.63) is 59.6 Å². The molecule has 2 aromatic carbocycles. The molecular weight excluding hydrogens is 506 g/mol. The molecule has 3 aliphatic rings. The van der Waals surface area contributed by atoms with Crippen LogP contribution in [0.4, 0.5) is 11.4 Å². The molecule has 2 bridgehead atoms. The molecule has 5 rings (SSSR count). The number of hydrogen-bond acceptors (Lipinski definition) is 5. The van der Waals surface area contributed by atoms with Crippen LogP contribution < -0.4 is 10.6 Å². The molecule has 3 heterocycles. The highest BCUT2D eigenvalue weighted by atomic mass is 35.5. The van der Waals surface area contributed by atoms with Gasteiger partial charge >= 0.3 is 0 Å². The summed E-state index contributed by atoms with van der Waals surface area (Å²) in [6, 6.07) is 15.1. The number of hydrogen-bond donors (Lipinski definition) is 3. The van der Waals surface area contributed by atoms with Crippen LogP contribution in [0, 0.1) is 11.8 Å². The molecule has 3 amide bonds. The first-order valence-electron chi connectivity index (χ1n) is 13.4. The van der Waals surface area contributed by atoms with E-state index in [1.54, 1.807) is 29.2 Å². The van der Waals surface area contributed by atoms with Crippen molar-refractivity contribution in [1.29, 1.82) is 0 Å². The smallest absolute Gasteiger partial charge is 0.250 e. The predicted molar refractivity (Wildman–Crippen MR) is 145 cm³/mol. The lowest BCUT2D eigenvalue weighted by Crippen LogP contribution is -2.53. The molecule has 9 heteroatoms. The summed E-state index contributed by atoms with van der Waals surface area (Å²) in [6.45, 7) is 2.40. The Bertz CT molecular complexity index is 1190. The zero-order chi connectivity index (χ0) is 26.9. The maximum Gasteiger partial charge on any atom is 0.250 e. The minimum atomic E-state index is -1.08. The Hall–Kier alpha value is -2.94. The van der Waals surface area contributed by atoms with Crippen LogP contribution in [-0.2, 0) is 19.1 Å². The third-order valence-corrected chi connectivity index (χ3v) is 8.67. The molecule has 3 saturated heterocycles. The fourth-order valence-electron chi connectivity index (χ4n) is 6.71. The van der Waals surface area contributed by atoms with Gasteiger partial charge in [0.1, 0.15) is 11.6 Å². The molecule has 202 valence electrons. The van der Waals surface area contributed by atoms with Gasteiger partial charge in [0.2, 0.25) is 17.7 Å². The van der Waals surface area contributed by atoms with E-state index in [2.05, 4.69) is 10.6 Å². The number of amides is 3. The van der Waals surface area contributed by atoms with Crippen molar-refractivity contribution < 1.29 is 24.2 Å². The molecule has 3 N–H and O–H groups in total. The zero-order valence-electron chi connectivity index (χ0n) is 21.5. The SMILES string of the molecule is CC[C@]12CCC3(O1)C(C(=O)Nc1ccc(Cl)cc1)N(CCCCCO)C(=O)[C@@H]3[C@H]2C(=O)Nc1ccccc1. The average Bonchev–Trinajstić information content (AvgIpc) is 3.52. The Labute approximate surface area is 227 Å². The van der Waals surface area contributed by atoms with Gasteiger partial charge < -0.3 is 25.4 Å². The first kappa shape index (κ1) is 26.7. The number of likely N-dealkylation sites (tertiary alicyclic amines) is 1. The number of para-hydroxylation sites is 1. The molecule has 0 saturated carbocycles. The largest absolute Gasteiger partial charge is 0.396 e. The third-order valence-electron chi connectivity index (χ3n) is 8.42. The van der Waals surface area contributed by atoms with Crippen LogP contribution in [-0.4, -0.2) is 58.1 Å². The van der Waals surface area contributed by atoms with E-state index in [0.717, 1.165) is 6.42 Å². The molecule has 2 aromatic rings. The van der Waals surface area contributed by atoms with E-state index in [4.69, 9.17) is 16.3 Å². The van der Waals surface area contributed by atoms with Gasteiger partial charge in [-0.2, -0.15) is 0 Å². The normalized spacial score (nSPS) is 29.4. The van der Waals surface area contributed by atoms with Crippen molar-refractivity contribution in [3.63, 3.8) is 0 Å². The second-order valence-electron chi connectivity index (χ2n) is 10.5. The van der Waals surface area contributed by atoms with Crippen molar-refractivity contribution in [2.75, 3.05) is 23.8 Å². The van der Waals surface area contributed by atoms with Gasteiger partial charge in [0.15, 0.2) is 0 Å². The monoisotopic (exact) mass is 539 g/mol. The van der Waals surface area contributed by atoms with Gasteiger partial charge in [-0.25, -0.2) is 0 Å². The van der Waals surface area contributed by atoms with Crippen molar-refractivity contribution in [2.24, 2.45) is 11.8 Å². The fraction of sp³-hybridized carbons (Fsp3) is 0.483. The van der Waals surface area contributed by atoms with Gasteiger partial charge in [0, 0.05) is 29.5 Å². The maximum absolute atomic E-state index is 14.1. The lowest BCUT2D eigenvalue weighted by Gasteiger charge is -2.34. The van der Waals surface area contributed by atoms with Gasteiger partial charge in [-0.1, -0.05) is 36.7 Å². The second-order valence-corrected chi connectivity index (χ2v) is 10.9. The van der Waals surface area contributed by atoms with E-state index >= 15 is 0 Å². The summed E-state index contributed by atoms with van der Waals surface area (Å²) < 4.78 is 6.77. The topological polar surface area (TPSA) is 108 Å². The van der Waals surface area contributed by atoms with Gasteiger partial charge in [-0.3, -0.25) is 14.4 Å². The van der Waals surface area contributed by atoms with Gasteiger partial charge in [-0.15, -0.1) is 0 Å². The Kier molecular flexibility index (Phi) is 7.49. The predicted octanol–water partition coefficient (Wildman–Crippen LogP) is 4.23. The first-order chi connectivity index (χ1) is 18.3. The molecule has 3 aliphatic heterocycles. The minimum absolute atomic E-state index is 0.0743. The number of aliphatic hydroxyl groups is 1. The van der Waals surface area contributed by atoms with Crippen molar-refractivity contribution in [1.82, 2.24) is 4.90 Å². The molecule has 0 aromatic heterocycles. The van der Waals surface area contributed by atoms with Crippen LogP contribution in [0.3, 0.4) is 0 Å². The quantitative estimate of drug-likeness (QED) is 0.391. The van der Waals surface area contributed by atoms with Crippen molar-refractivity contribution in [3.8, 4) is 0 Å². The molecule has 38 heavy (non-hydrogen) atoms. The number of benzene rings is 2. The number of fused-ring (bicyclic) bond motifs is 1. The van der Waals surface area contributed by atoms with E-state index in [1.165, 1.54) is 0 Å². The summed E-state index contributed by atoms with van der Waals surface area (Å²) in [6.07, 6.45) is 3.67. The molecule has 3 fully saturated rings. The van der Waals surface area contributed by atoms with Gasteiger partial charge in [0.25, 0.3) is 0 Å². The molecule has 1 spiro atoms. The molecular formula is C29H34ClN3O5. The summed E-state index contributed by atoms with van der Waals surface area (Å²) in [4.78, 5) is 43.3. The second kappa shape index (κ2) is 10.7. The fourth-order valence-corrected chi connectivity index (χ4v) is 6.84. The highest BCUT2D eigenvalue weighted by Crippen LogP contribution is 2.64. The summed E-state index contributed by atoms with van der Waals surface area (Å²) >= 11 is 6.02. The van der Waals surface area contributed by atoms with E-state index in [-0.39, 0.29) is 24.3 Å². The van der Waals surface area contributed by atoms with Crippen LogP contribution in [0.25, 0.3) is 0 Å². The average molecular weight is 540 g/mol. The third kappa shape index (κ3) is 4.48. The molecule has 0 aliphatic carbocycles. The summed E-state index contributed by atoms with van der Waals surface area (Å²) in [5, 5.41) is 15.7. The highest BCUT2D eigenvalue weighted by Gasteiger charge is 2.78. The maximum atomic E-state index is 14.1. The van der Waals surface area contributed by atoms with Crippen LogP contribution in [0.5, 0.6) is 0 Å². The summed E-state index contributed by atoms with van der Waals surface area (Å²) in [5.74, 6) is -2.26. The van der Waals surface area contributed by atoms with Crippen molar-refractivity contribution >= 4 is 40.7 Å². The standard InChI is InChI=1S/C29H34ClN3O5/c1-2-28-15-16-29(38-28)23(22(28)25(35)31-20-9-5-3-6-10-20)27(37)33(17-7-4-8-18-34)24(29)26(36)32-21-13-11-19(30)12-14-21/h3,5-6,9-14,22-24,34H,2,4,7-8,15-18H2,1H3,(H,31,35)(H,32,36)/t22-,23-,24?,28+,29?/m0/s1. The zero-order valence-corrected chi connectivity index (χ0v) is 22.2. The van der Waals surface area contributed by atoms with Crippen LogP contribution in [0.15, 0.2) is 54.6 Å². The number of ether oxygens (including phenoxy) is 1. The van der Waals surface area contributed by atoms with Crippen LogP contribution in [0.2, 0.25) is 5.02 Å². The number of aliphatic hydroxyl groups excluding tert-OH is 1. The lowest BCUT2D eigenvalue weighted by molar-refractivity contribution is -0.144. The number of anilines is 2. The summed E-state index contributed by atoms with van der Waals surface area (Å²) in [5.41, 5.74) is -0.660. The number of rotatable bonds is 10.